The summed E-state index contributed by atoms with van der Waals surface area (Å²) >= 11 is 5.73. The van der Waals surface area contributed by atoms with Crippen LogP contribution in [-0.4, -0.2) is 25.8 Å². The molecule has 0 saturated heterocycles. The predicted molar refractivity (Wildman–Crippen MR) is 102 cm³/mol. The van der Waals surface area contributed by atoms with Crippen LogP contribution in [-0.2, 0) is 6.18 Å². The number of benzene rings is 1. The second-order valence-corrected chi connectivity index (χ2v) is 6.46. The Morgan fingerprint density at radius 2 is 1.97 bits per heavy atom. The number of halogens is 4. The number of aromatic amines is 1. The number of alkyl halides is 3. The molecule has 3 heterocycles. The van der Waals surface area contributed by atoms with Gasteiger partial charge in [-0.05, 0) is 36.4 Å². The number of carbonyl (C=O) groups excluding carboxylic acids is 1. The summed E-state index contributed by atoms with van der Waals surface area (Å²) in [6.45, 7) is 0. The van der Waals surface area contributed by atoms with Gasteiger partial charge in [0.05, 0.1) is 23.0 Å². The van der Waals surface area contributed by atoms with Gasteiger partial charge in [-0.1, -0.05) is 11.6 Å². The zero-order chi connectivity index (χ0) is 20.6. The quantitative estimate of drug-likeness (QED) is 0.494. The predicted octanol–water partition coefficient (Wildman–Crippen LogP) is 4.94. The summed E-state index contributed by atoms with van der Waals surface area (Å²) < 4.78 is 40.3. The number of imidazole rings is 1. The van der Waals surface area contributed by atoms with Crippen LogP contribution >= 0.6 is 11.6 Å². The molecule has 2 N–H and O–H groups in total. The summed E-state index contributed by atoms with van der Waals surface area (Å²) in [6.07, 6.45) is -0.234. The third-order valence-electron chi connectivity index (χ3n) is 4.09. The SMILES string of the molecule is O=C(Nc1cccnc1)c1ccnc2[nH]c(-c3ccc(Cl)cc3C(F)(F)F)nc12. The topological polar surface area (TPSA) is 83.6 Å². The summed E-state index contributed by atoms with van der Waals surface area (Å²) in [5.74, 6) is -0.561. The maximum Gasteiger partial charge on any atom is 0.417 e. The molecule has 0 atom stereocenters. The Bertz CT molecular complexity index is 1210. The Morgan fingerprint density at radius 1 is 1.14 bits per heavy atom. The zero-order valence-corrected chi connectivity index (χ0v) is 15.2. The Morgan fingerprint density at radius 3 is 2.69 bits per heavy atom. The molecular formula is C19H11ClF3N5O. The van der Waals surface area contributed by atoms with E-state index in [1.807, 2.05) is 0 Å². The van der Waals surface area contributed by atoms with Crippen LogP contribution in [0.25, 0.3) is 22.6 Å². The minimum absolute atomic E-state index is 0.0492. The van der Waals surface area contributed by atoms with Gasteiger partial charge in [0.2, 0.25) is 0 Å². The number of nitrogens with one attached hydrogen (secondary N) is 2. The van der Waals surface area contributed by atoms with Crippen LogP contribution in [0.3, 0.4) is 0 Å². The number of aromatic nitrogens is 4. The first kappa shape index (κ1) is 18.9. The lowest BCUT2D eigenvalue weighted by Crippen LogP contribution is -2.12. The minimum atomic E-state index is -4.63. The van der Waals surface area contributed by atoms with Gasteiger partial charge in [0.25, 0.3) is 5.91 Å². The van der Waals surface area contributed by atoms with E-state index < -0.39 is 17.6 Å². The van der Waals surface area contributed by atoms with E-state index >= 15 is 0 Å². The Hall–Kier alpha value is -3.46. The van der Waals surface area contributed by atoms with E-state index in [9.17, 15) is 18.0 Å². The van der Waals surface area contributed by atoms with Crippen LogP contribution < -0.4 is 5.32 Å². The van der Waals surface area contributed by atoms with Crippen molar-refractivity contribution in [1.29, 1.82) is 0 Å². The van der Waals surface area contributed by atoms with Gasteiger partial charge in [0, 0.05) is 23.0 Å². The highest BCUT2D eigenvalue weighted by atomic mass is 35.5. The third-order valence-corrected chi connectivity index (χ3v) is 4.33. The largest absolute Gasteiger partial charge is 0.417 e. The number of nitrogens with zero attached hydrogens (tertiary/aromatic N) is 3. The first-order chi connectivity index (χ1) is 13.8. The minimum Gasteiger partial charge on any atom is -0.323 e. The van der Waals surface area contributed by atoms with Crippen molar-refractivity contribution < 1.29 is 18.0 Å². The fourth-order valence-electron chi connectivity index (χ4n) is 2.81. The van der Waals surface area contributed by atoms with Crippen LogP contribution in [0.2, 0.25) is 5.02 Å². The van der Waals surface area contributed by atoms with E-state index in [0.717, 1.165) is 6.07 Å². The van der Waals surface area contributed by atoms with E-state index in [4.69, 9.17) is 11.6 Å². The zero-order valence-electron chi connectivity index (χ0n) is 14.5. The molecule has 146 valence electrons. The number of H-pyrrole nitrogens is 1. The number of amides is 1. The summed E-state index contributed by atoms with van der Waals surface area (Å²) in [4.78, 5) is 27.6. The number of hydrogen-bond donors (Lipinski definition) is 2. The van der Waals surface area contributed by atoms with E-state index in [0.29, 0.717) is 5.69 Å². The number of rotatable bonds is 3. The number of carbonyl (C=O) groups is 1. The molecule has 0 saturated carbocycles. The van der Waals surface area contributed by atoms with Crippen molar-refractivity contribution in [3.05, 3.63) is 71.1 Å². The molecule has 0 bridgehead atoms. The van der Waals surface area contributed by atoms with Crippen LogP contribution in [0.5, 0.6) is 0 Å². The Labute approximate surface area is 166 Å². The van der Waals surface area contributed by atoms with Crippen molar-refractivity contribution in [3.63, 3.8) is 0 Å². The van der Waals surface area contributed by atoms with Gasteiger partial charge < -0.3 is 10.3 Å². The summed E-state index contributed by atoms with van der Waals surface area (Å²) in [6, 6.07) is 8.13. The number of pyridine rings is 2. The van der Waals surface area contributed by atoms with Gasteiger partial charge in [-0.2, -0.15) is 13.2 Å². The van der Waals surface area contributed by atoms with Crippen molar-refractivity contribution in [1.82, 2.24) is 19.9 Å². The summed E-state index contributed by atoms with van der Waals surface area (Å²) in [5, 5.41) is 2.61. The van der Waals surface area contributed by atoms with Crippen molar-refractivity contribution in [2.75, 3.05) is 5.32 Å². The van der Waals surface area contributed by atoms with E-state index in [-0.39, 0.29) is 33.1 Å². The van der Waals surface area contributed by atoms with Crippen LogP contribution in [0, 0.1) is 0 Å². The van der Waals surface area contributed by atoms with Crippen molar-refractivity contribution in [2.45, 2.75) is 6.18 Å². The molecule has 0 aliphatic carbocycles. The molecule has 0 spiro atoms. The molecule has 3 aromatic heterocycles. The monoisotopic (exact) mass is 417 g/mol. The third kappa shape index (κ3) is 3.77. The fourth-order valence-corrected chi connectivity index (χ4v) is 2.99. The molecule has 0 fully saturated rings. The first-order valence-electron chi connectivity index (χ1n) is 8.26. The molecule has 6 nitrogen and oxygen atoms in total. The van der Waals surface area contributed by atoms with E-state index in [2.05, 4.69) is 25.3 Å². The van der Waals surface area contributed by atoms with Gasteiger partial charge >= 0.3 is 6.18 Å². The maximum absolute atomic E-state index is 13.4. The average Bonchev–Trinajstić information content (AvgIpc) is 3.12. The molecule has 1 aromatic carbocycles. The van der Waals surface area contributed by atoms with E-state index in [1.54, 1.807) is 18.3 Å². The molecular weight excluding hydrogens is 407 g/mol. The fraction of sp³-hybridized carbons (Fsp3) is 0.0526. The standard InChI is InChI=1S/C19H11ClF3N5O/c20-10-3-4-12(14(8-10)19(21,22)23)16-27-15-13(5-7-25-17(15)28-16)18(29)26-11-2-1-6-24-9-11/h1-9H,(H,26,29)(H,25,27,28). The highest BCUT2D eigenvalue weighted by Gasteiger charge is 2.35. The molecule has 0 aliphatic heterocycles. The first-order valence-corrected chi connectivity index (χ1v) is 8.64. The Balaban J connectivity index is 1.79. The lowest BCUT2D eigenvalue weighted by Gasteiger charge is -2.11. The molecule has 1 amide bonds. The highest BCUT2D eigenvalue weighted by Crippen LogP contribution is 2.38. The molecule has 0 radical (unpaired) electrons. The van der Waals surface area contributed by atoms with Crippen molar-refractivity contribution in [3.8, 4) is 11.4 Å². The molecule has 4 rings (SSSR count). The van der Waals surface area contributed by atoms with Crippen molar-refractivity contribution >= 4 is 34.4 Å². The number of fused-ring (bicyclic) bond motifs is 1. The van der Waals surface area contributed by atoms with Crippen LogP contribution in [0.1, 0.15) is 15.9 Å². The number of anilines is 1. The normalized spacial score (nSPS) is 11.6. The average molecular weight is 418 g/mol. The number of hydrogen-bond acceptors (Lipinski definition) is 4. The van der Waals surface area contributed by atoms with E-state index in [1.165, 1.54) is 30.6 Å². The van der Waals surface area contributed by atoms with Crippen LogP contribution in [0.15, 0.2) is 55.0 Å². The molecule has 29 heavy (non-hydrogen) atoms. The van der Waals surface area contributed by atoms with Crippen molar-refractivity contribution in [2.24, 2.45) is 0 Å². The molecule has 10 heteroatoms. The van der Waals surface area contributed by atoms with Gasteiger partial charge in [0.15, 0.2) is 5.65 Å². The summed E-state index contributed by atoms with van der Waals surface area (Å²) in [5.41, 5.74) is -0.183. The molecule has 0 aliphatic rings. The lowest BCUT2D eigenvalue weighted by molar-refractivity contribution is -0.137. The van der Waals surface area contributed by atoms with Gasteiger partial charge in [-0.15, -0.1) is 0 Å². The van der Waals surface area contributed by atoms with Gasteiger partial charge in [-0.3, -0.25) is 9.78 Å². The highest BCUT2D eigenvalue weighted by molar-refractivity contribution is 6.30. The smallest absolute Gasteiger partial charge is 0.323 e. The molecule has 0 unspecified atom stereocenters. The second kappa shape index (κ2) is 7.17. The van der Waals surface area contributed by atoms with Gasteiger partial charge in [-0.25, -0.2) is 9.97 Å². The summed E-state index contributed by atoms with van der Waals surface area (Å²) in [7, 11) is 0. The molecule has 4 aromatic rings. The second-order valence-electron chi connectivity index (χ2n) is 6.02. The Kier molecular flexibility index (Phi) is 4.67. The van der Waals surface area contributed by atoms with Crippen LogP contribution in [0.4, 0.5) is 18.9 Å². The van der Waals surface area contributed by atoms with Gasteiger partial charge in [0.1, 0.15) is 11.3 Å². The maximum atomic E-state index is 13.4. The lowest BCUT2D eigenvalue weighted by atomic mass is 10.1.